The third kappa shape index (κ3) is 3.82. The zero-order valence-electron chi connectivity index (χ0n) is 14.1. The van der Waals surface area contributed by atoms with Crippen LogP contribution in [-0.2, 0) is 24.7 Å². The number of hydrogen-bond acceptors (Lipinski definition) is 6. The number of aryl methyl sites for hydroxylation is 1. The van der Waals surface area contributed by atoms with Crippen LogP contribution in [-0.4, -0.2) is 32.3 Å². The molecule has 126 valence electrons. The highest BCUT2D eigenvalue weighted by atomic mass is 16.6. The van der Waals surface area contributed by atoms with Crippen molar-refractivity contribution in [3.63, 3.8) is 0 Å². The molecular weight excluding hydrogens is 300 g/mol. The van der Waals surface area contributed by atoms with Crippen molar-refractivity contribution in [2.24, 2.45) is 5.92 Å². The first-order chi connectivity index (χ1) is 10.8. The fourth-order valence-corrected chi connectivity index (χ4v) is 2.17. The molecule has 0 aromatic heterocycles. The second-order valence-corrected chi connectivity index (χ2v) is 5.96. The smallest absolute Gasteiger partial charge is 0.313 e. The van der Waals surface area contributed by atoms with Crippen LogP contribution in [0.3, 0.4) is 0 Å². The van der Waals surface area contributed by atoms with Crippen molar-refractivity contribution >= 4 is 11.9 Å². The van der Waals surface area contributed by atoms with E-state index in [1.165, 1.54) is 6.92 Å². The number of esters is 2. The van der Waals surface area contributed by atoms with Gasteiger partial charge >= 0.3 is 11.9 Å². The SMILES string of the molecule is COc1cc([C@]2(COC(C)=O)CO2)c(OC(=O)C(C)C)cc1C. The van der Waals surface area contributed by atoms with Crippen LogP contribution in [0.2, 0.25) is 0 Å². The lowest BCUT2D eigenvalue weighted by atomic mass is 9.97. The highest BCUT2D eigenvalue weighted by molar-refractivity contribution is 5.75. The van der Waals surface area contributed by atoms with E-state index in [1.54, 1.807) is 33.1 Å². The molecule has 0 N–H and O–H groups in total. The summed E-state index contributed by atoms with van der Waals surface area (Å²) in [5.41, 5.74) is 0.709. The maximum Gasteiger partial charge on any atom is 0.313 e. The van der Waals surface area contributed by atoms with E-state index in [9.17, 15) is 9.59 Å². The minimum Gasteiger partial charge on any atom is -0.496 e. The van der Waals surface area contributed by atoms with E-state index >= 15 is 0 Å². The van der Waals surface area contributed by atoms with E-state index in [-0.39, 0.29) is 24.5 Å². The van der Waals surface area contributed by atoms with Gasteiger partial charge in [0.05, 0.1) is 19.6 Å². The van der Waals surface area contributed by atoms with Crippen molar-refractivity contribution in [3.8, 4) is 11.5 Å². The van der Waals surface area contributed by atoms with E-state index in [4.69, 9.17) is 18.9 Å². The molecule has 1 aliphatic rings. The van der Waals surface area contributed by atoms with Gasteiger partial charge in [0.15, 0.2) is 5.60 Å². The Morgan fingerprint density at radius 2 is 1.96 bits per heavy atom. The summed E-state index contributed by atoms with van der Waals surface area (Å²) in [4.78, 5) is 23.1. The summed E-state index contributed by atoms with van der Waals surface area (Å²) in [5, 5.41) is 0. The van der Waals surface area contributed by atoms with Gasteiger partial charge in [0, 0.05) is 12.5 Å². The first-order valence-electron chi connectivity index (χ1n) is 7.47. The number of epoxide rings is 1. The zero-order chi connectivity index (χ0) is 17.2. The molecule has 0 bridgehead atoms. The molecule has 2 rings (SSSR count). The predicted octanol–water partition coefficient (Wildman–Crippen LogP) is 2.35. The number of carbonyl (C=O) groups is 2. The molecule has 6 heteroatoms. The quantitative estimate of drug-likeness (QED) is 0.455. The van der Waals surface area contributed by atoms with Crippen LogP contribution < -0.4 is 9.47 Å². The Balaban J connectivity index is 2.39. The van der Waals surface area contributed by atoms with Gasteiger partial charge in [-0.3, -0.25) is 9.59 Å². The molecule has 0 saturated carbocycles. The van der Waals surface area contributed by atoms with Gasteiger partial charge in [-0.25, -0.2) is 0 Å². The van der Waals surface area contributed by atoms with E-state index in [1.807, 2.05) is 6.92 Å². The molecule has 1 aliphatic heterocycles. The molecule has 1 aromatic carbocycles. The van der Waals surface area contributed by atoms with Gasteiger partial charge in [-0.05, 0) is 24.6 Å². The lowest BCUT2D eigenvalue weighted by molar-refractivity contribution is -0.143. The molecule has 0 aliphatic carbocycles. The van der Waals surface area contributed by atoms with Gasteiger partial charge < -0.3 is 18.9 Å². The van der Waals surface area contributed by atoms with Crippen molar-refractivity contribution in [1.82, 2.24) is 0 Å². The highest BCUT2D eigenvalue weighted by Gasteiger charge is 2.50. The molecule has 1 saturated heterocycles. The molecule has 0 unspecified atom stereocenters. The van der Waals surface area contributed by atoms with Crippen LogP contribution in [0.25, 0.3) is 0 Å². The van der Waals surface area contributed by atoms with Crippen LogP contribution in [0.1, 0.15) is 31.9 Å². The number of rotatable bonds is 6. The average molecular weight is 322 g/mol. The van der Waals surface area contributed by atoms with Crippen molar-refractivity contribution in [3.05, 3.63) is 23.3 Å². The Bertz CT molecular complexity index is 616. The summed E-state index contributed by atoms with van der Waals surface area (Å²) in [6.07, 6.45) is 0. The lowest BCUT2D eigenvalue weighted by Gasteiger charge is -2.19. The van der Waals surface area contributed by atoms with Crippen molar-refractivity contribution in [2.75, 3.05) is 20.3 Å². The fraction of sp³-hybridized carbons (Fsp3) is 0.529. The molecule has 23 heavy (non-hydrogen) atoms. The second-order valence-electron chi connectivity index (χ2n) is 5.96. The maximum atomic E-state index is 12.0. The second kappa shape index (κ2) is 6.58. The number of carbonyl (C=O) groups excluding carboxylic acids is 2. The van der Waals surface area contributed by atoms with Crippen molar-refractivity contribution in [1.29, 1.82) is 0 Å². The van der Waals surface area contributed by atoms with Crippen LogP contribution in [0.15, 0.2) is 12.1 Å². The normalized spacial score (nSPS) is 19.4. The van der Waals surface area contributed by atoms with Gasteiger partial charge in [0.25, 0.3) is 0 Å². The van der Waals surface area contributed by atoms with E-state index < -0.39 is 5.60 Å². The average Bonchev–Trinajstić information content (AvgIpc) is 3.26. The number of hydrogen-bond donors (Lipinski definition) is 0. The Morgan fingerprint density at radius 3 is 2.43 bits per heavy atom. The maximum absolute atomic E-state index is 12.0. The number of methoxy groups -OCH3 is 1. The third-order valence-corrected chi connectivity index (χ3v) is 3.67. The van der Waals surface area contributed by atoms with Crippen molar-refractivity contribution in [2.45, 2.75) is 33.3 Å². The molecule has 0 radical (unpaired) electrons. The van der Waals surface area contributed by atoms with Crippen molar-refractivity contribution < 1.29 is 28.5 Å². The summed E-state index contributed by atoms with van der Waals surface area (Å²) in [6, 6.07) is 3.51. The number of ether oxygens (including phenoxy) is 4. The molecule has 0 amide bonds. The molecule has 0 spiro atoms. The van der Waals surface area contributed by atoms with Gasteiger partial charge in [0.2, 0.25) is 0 Å². The summed E-state index contributed by atoms with van der Waals surface area (Å²) in [5.74, 6) is 0.0854. The Hall–Kier alpha value is -2.08. The van der Waals surface area contributed by atoms with Crippen LogP contribution in [0.4, 0.5) is 0 Å². The predicted molar refractivity (Wildman–Crippen MR) is 82.5 cm³/mol. The highest BCUT2D eigenvalue weighted by Crippen LogP contribution is 2.46. The standard InChI is InChI=1S/C17H22O6/c1-10(2)16(19)23-15-6-11(3)14(20-5)7-13(15)17(9-22-17)8-21-12(4)18/h6-7,10H,8-9H2,1-5H3/t17-/m0/s1. The minimum absolute atomic E-state index is 0.0702. The van der Waals surface area contributed by atoms with Gasteiger partial charge in [-0.2, -0.15) is 0 Å². The monoisotopic (exact) mass is 322 g/mol. The van der Waals surface area contributed by atoms with Crippen LogP contribution in [0, 0.1) is 12.8 Å². The summed E-state index contributed by atoms with van der Waals surface area (Å²) in [7, 11) is 1.57. The largest absolute Gasteiger partial charge is 0.496 e. The van der Waals surface area contributed by atoms with Gasteiger partial charge in [-0.15, -0.1) is 0 Å². The Kier molecular flexibility index (Phi) is 4.94. The third-order valence-electron chi connectivity index (χ3n) is 3.67. The Labute approximate surface area is 135 Å². The molecule has 1 atom stereocenters. The first kappa shape index (κ1) is 17.3. The summed E-state index contributed by atoms with van der Waals surface area (Å²) in [6.45, 7) is 7.19. The first-order valence-corrected chi connectivity index (χ1v) is 7.47. The van der Waals surface area contributed by atoms with Crippen LogP contribution in [0.5, 0.6) is 11.5 Å². The van der Waals surface area contributed by atoms with E-state index in [0.717, 1.165) is 5.56 Å². The fourth-order valence-electron chi connectivity index (χ4n) is 2.17. The molecule has 6 nitrogen and oxygen atoms in total. The summed E-state index contributed by atoms with van der Waals surface area (Å²) >= 11 is 0. The topological polar surface area (TPSA) is 74.4 Å². The molecular formula is C17H22O6. The van der Waals surface area contributed by atoms with Gasteiger partial charge in [-0.1, -0.05) is 13.8 Å². The lowest BCUT2D eigenvalue weighted by Crippen LogP contribution is -2.22. The molecule has 1 fully saturated rings. The zero-order valence-corrected chi connectivity index (χ0v) is 14.1. The van der Waals surface area contributed by atoms with E-state index in [2.05, 4.69) is 0 Å². The summed E-state index contributed by atoms with van der Waals surface area (Å²) < 4.78 is 21.5. The Morgan fingerprint density at radius 1 is 1.30 bits per heavy atom. The van der Waals surface area contributed by atoms with Crippen LogP contribution >= 0.6 is 0 Å². The van der Waals surface area contributed by atoms with E-state index in [0.29, 0.717) is 23.7 Å². The minimum atomic E-state index is -0.779. The number of benzene rings is 1. The van der Waals surface area contributed by atoms with Gasteiger partial charge in [0.1, 0.15) is 18.1 Å². The molecule has 1 heterocycles. The molecule has 1 aromatic rings.